The van der Waals surface area contributed by atoms with Gasteiger partial charge in [-0.05, 0) is 25.0 Å². The van der Waals surface area contributed by atoms with E-state index in [2.05, 4.69) is 10.2 Å². The van der Waals surface area contributed by atoms with Crippen LogP contribution in [-0.2, 0) is 11.3 Å². The Hall–Kier alpha value is -2.12. The molecule has 4 rings (SSSR count). The van der Waals surface area contributed by atoms with Gasteiger partial charge in [0.1, 0.15) is 5.65 Å². The van der Waals surface area contributed by atoms with E-state index in [1.807, 2.05) is 21.6 Å². The number of pyridine rings is 1. The number of rotatable bonds is 3. The summed E-state index contributed by atoms with van der Waals surface area (Å²) in [6.07, 6.45) is 7.97. The highest BCUT2D eigenvalue weighted by Gasteiger charge is 2.26. The molecule has 2 saturated heterocycles. The zero-order valence-corrected chi connectivity index (χ0v) is 17.5. The van der Waals surface area contributed by atoms with Crippen LogP contribution in [-0.4, -0.2) is 63.7 Å². The number of nitrogens with one attached hydrogen (secondary N) is 1. The van der Waals surface area contributed by atoms with E-state index in [4.69, 9.17) is 16.6 Å². The SMILES string of the molecule is O=C1CCN(Cc2c(C(=O)N3CCCCCCC3)nc3ccc(Cl)cn23)CCN1. The van der Waals surface area contributed by atoms with Crippen LogP contribution in [0.3, 0.4) is 0 Å². The highest BCUT2D eigenvalue weighted by atomic mass is 35.5. The number of halogens is 1. The van der Waals surface area contributed by atoms with Gasteiger partial charge in [0.25, 0.3) is 5.91 Å². The summed E-state index contributed by atoms with van der Waals surface area (Å²) in [6, 6.07) is 3.65. The first-order chi connectivity index (χ1) is 14.1. The van der Waals surface area contributed by atoms with E-state index < -0.39 is 0 Å². The molecule has 2 fully saturated rings. The van der Waals surface area contributed by atoms with Crippen LogP contribution in [0, 0.1) is 0 Å². The van der Waals surface area contributed by atoms with Crippen LogP contribution in [0.4, 0.5) is 0 Å². The second kappa shape index (κ2) is 9.13. The van der Waals surface area contributed by atoms with Crippen LogP contribution in [0.5, 0.6) is 0 Å². The Bertz CT molecular complexity index is 889. The molecule has 7 nitrogen and oxygen atoms in total. The molecule has 29 heavy (non-hydrogen) atoms. The Kier molecular flexibility index (Phi) is 6.35. The molecule has 156 valence electrons. The fourth-order valence-electron chi connectivity index (χ4n) is 4.17. The minimum Gasteiger partial charge on any atom is -0.355 e. The van der Waals surface area contributed by atoms with E-state index in [-0.39, 0.29) is 11.8 Å². The molecule has 1 N–H and O–H groups in total. The smallest absolute Gasteiger partial charge is 0.274 e. The first kappa shape index (κ1) is 20.2. The Morgan fingerprint density at radius 3 is 2.62 bits per heavy atom. The summed E-state index contributed by atoms with van der Waals surface area (Å²) in [5.41, 5.74) is 2.09. The van der Waals surface area contributed by atoms with Crippen LogP contribution in [0.2, 0.25) is 5.02 Å². The fraction of sp³-hybridized carbons (Fsp3) is 0.571. The third-order valence-electron chi connectivity index (χ3n) is 5.81. The van der Waals surface area contributed by atoms with Crippen molar-refractivity contribution in [3.8, 4) is 0 Å². The van der Waals surface area contributed by atoms with Crippen molar-refractivity contribution in [2.24, 2.45) is 0 Å². The molecule has 0 radical (unpaired) electrons. The highest BCUT2D eigenvalue weighted by Crippen LogP contribution is 2.21. The Morgan fingerprint density at radius 2 is 1.83 bits per heavy atom. The van der Waals surface area contributed by atoms with Crippen molar-refractivity contribution in [1.82, 2.24) is 24.5 Å². The molecule has 0 spiro atoms. The molecule has 2 amide bonds. The average Bonchev–Trinajstić information content (AvgIpc) is 2.88. The predicted octanol–water partition coefficient (Wildman–Crippen LogP) is 2.72. The largest absolute Gasteiger partial charge is 0.355 e. The molecule has 0 aromatic carbocycles. The molecule has 0 bridgehead atoms. The summed E-state index contributed by atoms with van der Waals surface area (Å²) in [7, 11) is 0. The van der Waals surface area contributed by atoms with Crippen LogP contribution in [0.15, 0.2) is 18.3 Å². The molecule has 2 aliphatic heterocycles. The van der Waals surface area contributed by atoms with Gasteiger partial charge in [-0.2, -0.15) is 0 Å². The number of imidazole rings is 1. The normalized spacial score (nSPS) is 19.5. The van der Waals surface area contributed by atoms with Gasteiger partial charge in [0.2, 0.25) is 5.91 Å². The van der Waals surface area contributed by atoms with Gasteiger partial charge in [-0.1, -0.05) is 30.9 Å². The molecule has 8 heteroatoms. The molecule has 0 saturated carbocycles. The maximum Gasteiger partial charge on any atom is 0.274 e. The third-order valence-corrected chi connectivity index (χ3v) is 6.03. The lowest BCUT2D eigenvalue weighted by Gasteiger charge is -2.25. The molecular formula is C21H28ClN5O2. The lowest BCUT2D eigenvalue weighted by molar-refractivity contribution is -0.120. The zero-order valence-electron chi connectivity index (χ0n) is 16.7. The minimum absolute atomic E-state index is 0.00532. The Balaban J connectivity index is 1.66. The number of hydrogen-bond acceptors (Lipinski definition) is 4. The summed E-state index contributed by atoms with van der Waals surface area (Å²) in [5, 5.41) is 3.51. The van der Waals surface area contributed by atoms with Gasteiger partial charge in [-0.3, -0.25) is 14.5 Å². The number of carbonyl (C=O) groups excluding carboxylic acids is 2. The van der Waals surface area contributed by atoms with E-state index in [9.17, 15) is 9.59 Å². The van der Waals surface area contributed by atoms with Crippen molar-refractivity contribution in [2.75, 3.05) is 32.7 Å². The Morgan fingerprint density at radius 1 is 1.07 bits per heavy atom. The number of carbonyl (C=O) groups is 2. The summed E-state index contributed by atoms with van der Waals surface area (Å²) in [4.78, 5) is 34.0. The number of amides is 2. The monoisotopic (exact) mass is 417 g/mol. The fourth-order valence-corrected chi connectivity index (χ4v) is 4.33. The van der Waals surface area contributed by atoms with Crippen molar-refractivity contribution >= 4 is 29.1 Å². The minimum atomic E-state index is 0.00532. The summed E-state index contributed by atoms with van der Waals surface area (Å²) in [5.74, 6) is 0.0800. The maximum absolute atomic E-state index is 13.4. The predicted molar refractivity (Wildman–Crippen MR) is 112 cm³/mol. The number of aromatic nitrogens is 2. The molecule has 2 aromatic rings. The van der Waals surface area contributed by atoms with E-state index in [0.717, 1.165) is 43.8 Å². The third kappa shape index (κ3) is 4.73. The number of hydrogen-bond donors (Lipinski definition) is 1. The van der Waals surface area contributed by atoms with Gasteiger partial charge in [0.15, 0.2) is 5.69 Å². The van der Waals surface area contributed by atoms with Gasteiger partial charge < -0.3 is 14.6 Å². The lowest BCUT2D eigenvalue weighted by Crippen LogP contribution is -2.35. The molecule has 0 unspecified atom stereocenters. The maximum atomic E-state index is 13.4. The van der Waals surface area contributed by atoms with Gasteiger partial charge in [-0.15, -0.1) is 0 Å². The Labute approximate surface area is 176 Å². The van der Waals surface area contributed by atoms with E-state index in [1.54, 1.807) is 6.07 Å². The first-order valence-corrected chi connectivity index (χ1v) is 10.9. The summed E-state index contributed by atoms with van der Waals surface area (Å²) >= 11 is 6.24. The molecule has 4 heterocycles. The summed E-state index contributed by atoms with van der Waals surface area (Å²) < 4.78 is 1.93. The van der Waals surface area contributed by atoms with Crippen LogP contribution >= 0.6 is 11.6 Å². The van der Waals surface area contributed by atoms with Crippen molar-refractivity contribution in [2.45, 2.75) is 45.1 Å². The van der Waals surface area contributed by atoms with E-state index in [1.165, 1.54) is 19.3 Å². The van der Waals surface area contributed by atoms with Gasteiger partial charge in [0.05, 0.1) is 10.7 Å². The second-order valence-electron chi connectivity index (χ2n) is 7.92. The number of fused-ring (bicyclic) bond motifs is 1. The second-order valence-corrected chi connectivity index (χ2v) is 8.36. The van der Waals surface area contributed by atoms with Gasteiger partial charge in [0, 0.05) is 51.9 Å². The van der Waals surface area contributed by atoms with Crippen LogP contribution < -0.4 is 5.32 Å². The average molecular weight is 418 g/mol. The first-order valence-electron chi connectivity index (χ1n) is 10.6. The van der Waals surface area contributed by atoms with Crippen LogP contribution in [0.1, 0.15) is 54.7 Å². The van der Waals surface area contributed by atoms with Gasteiger partial charge >= 0.3 is 0 Å². The summed E-state index contributed by atoms with van der Waals surface area (Å²) in [6.45, 7) is 4.16. The van der Waals surface area contributed by atoms with Gasteiger partial charge in [-0.25, -0.2) is 4.98 Å². The van der Waals surface area contributed by atoms with Crippen molar-refractivity contribution in [1.29, 1.82) is 0 Å². The molecule has 2 aromatic heterocycles. The zero-order chi connectivity index (χ0) is 20.2. The van der Waals surface area contributed by atoms with Crippen molar-refractivity contribution in [3.05, 3.63) is 34.7 Å². The number of likely N-dealkylation sites (tertiary alicyclic amines) is 1. The highest BCUT2D eigenvalue weighted by molar-refractivity contribution is 6.30. The van der Waals surface area contributed by atoms with Crippen LogP contribution in [0.25, 0.3) is 5.65 Å². The molecule has 0 atom stereocenters. The molecule has 0 aliphatic carbocycles. The molecule has 2 aliphatic rings. The van der Waals surface area contributed by atoms with Crippen molar-refractivity contribution < 1.29 is 9.59 Å². The van der Waals surface area contributed by atoms with Crippen molar-refractivity contribution in [3.63, 3.8) is 0 Å². The standard InChI is InChI=1S/C21H28ClN5O2/c22-16-6-7-18-24-20(21(29)26-10-4-2-1-3-5-11-26)17(27(18)14-16)15-25-12-8-19(28)23-9-13-25/h6-7,14H,1-5,8-13,15H2,(H,23,28). The van der Waals surface area contributed by atoms with E-state index in [0.29, 0.717) is 36.8 Å². The molecular weight excluding hydrogens is 390 g/mol. The topological polar surface area (TPSA) is 70.0 Å². The quantitative estimate of drug-likeness (QED) is 0.833. The lowest BCUT2D eigenvalue weighted by atomic mass is 10.1. The van der Waals surface area contributed by atoms with E-state index >= 15 is 0 Å². The number of nitrogens with zero attached hydrogens (tertiary/aromatic N) is 4.